The highest BCUT2D eigenvalue weighted by Gasteiger charge is 2.10. The van der Waals surface area contributed by atoms with Crippen molar-refractivity contribution < 1.29 is 9.21 Å². The van der Waals surface area contributed by atoms with Crippen molar-refractivity contribution in [2.45, 2.75) is 13.5 Å². The van der Waals surface area contributed by atoms with E-state index in [0.717, 1.165) is 21.8 Å². The van der Waals surface area contributed by atoms with Crippen LogP contribution in [0.1, 0.15) is 20.9 Å². The first-order valence-electron chi connectivity index (χ1n) is 8.01. The van der Waals surface area contributed by atoms with Crippen LogP contribution in [0.3, 0.4) is 0 Å². The quantitative estimate of drug-likeness (QED) is 0.579. The Bertz CT molecular complexity index is 1140. The fraction of sp³-hybridized carbons (Fsp3) is 0.105. The first-order valence-corrected chi connectivity index (χ1v) is 8.89. The predicted octanol–water partition coefficient (Wildman–Crippen LogP) is 3.48. The fourth-order valence-corrected chi connectivity index (χ4v) is 3.34. The molecule has 2 N–H and O–H groups in total. The van der Waals surface area contributed by atoms with Gasteiger partial charge in [0.05, 0.1) is 17.8 Å². The Balaban J connectivity index is 1.47. The standard InChI is InChI=1S/C19H15N3O3S/c1-11-2-4-12(5-3-11)18(23)20-9-17-21-15(10-26-17)13-6-7-14-16(8-13)25-19(24)22-14/h2-8,10H,9H2,1H3,(H,20,23)(H,22,24). The lowest BCUT2D eigenvalue weighted by atomic mass is 10.1. The number of amides is 1. The molecule has 0 atom stereocenters. The van der Waals surface area contributed by atoms with Crippen LogP contribution in [0.15, 0.2) is 57.1 Å². The second kappa shape index (κ2) is 6.61. The summed E-state index contributed by atoms with van der Waals surface area (Å²) in [5.41, 5.74) is 4.52. The number of H-pyrrole nitrogens is 1. The number of fused-ring (bicyclic) bond motifs is 1. The van der Waals surface area contributed by atoms with Crippen molar-refractivity contribution in [3.05, 3.63) is 74.5 Å². The molecule has 4 rings (SSSR count). The summed E-state index contributed by atoms with van der Waals surface area (Å²) in [4.78, 5) is 30.6. The molecular formula is C19H15N3O3S. The van der Waals surface area contributed by atoms with E-state index in [4.69, 9.17) is 4.42 Å². The summed E-state index contributed by atoms with van der Waals surface area (Å²) in [6, 6.07) is 12.9. The minimum absolute atomic E-state index is 0.128. The minimum Gasteiger partial charge on any atom is -0.408 e. The number of nitrogens with one attached hydrogen (secondary N) is 2. The van der Waals surface area contributed by atoms with Crippen LogP contribution >= 0.6 is 11.3 Å². The van der Waals surface area contributed by atoms with E-state index in [-0.39, 0.29) is 5.91 Å². The van der Waals surface area contributed by atoms with Gasteiger partial charge in [-0.25, -0.2) is 9.78 Å². The van der Waals surface area contributed by atoms with Crippen molar-refractivity contribution in [1.82, 2.24) is 15.3 Å². The van der Waals surface area contributed by atoms with Gasteiger partial charge in [0.15, 0.2) is 5.58 Å². The zero-order valence-corrected chi connectivity index (χ0v) is 14.7. The number of oxazole rings is 1. The van der Waals surface area contributed by atoms with Crippen LogP contribution in [0.2, 0.25) is 0 Å². The maximum absolute atomic E-state index is 12.2. The number of thiazole rings is 1. The Hall–Kier alpha value is -3.19. The molecule has 0 fully saturated rings. The average Bonchev–Trinajstić information content (AvgIpc) is 3.25. The van der Waals surface area contributed by atoms with Crippen LogP contribution in [0.25, 0.3) is 22.4 Å². The van der Waals surface area contributed by atoms with E-state index in [9.17, 15) is 9.59 Å². The van der Waals surface area contributed by atoms with E-state index in [1.807, 2.05) is 30.5 Å². The second-order valence-electron chi connectivity index (χ2n) is 5.90. The molecule has 2 aromatic heterocycles. The van der Waals surface area contributed by atoms with Gasteiger partial charge in [-0.1, -0.05) is 23.8 Å². The number of nitrogens with zero attached hydrogens (tertiary/aromatic N) is 1. The highest BCUT2D eigenvalue weighted by atomic mass is 32.1. The van der Waals surface area contributed by atoms with E-state index < -0.39 is 5.76 Å². The smallest absolute Gasteiger partial charge is 0.408 e. The Labute approximate surface area is 152 Å². The second-order valence-corrected chi connectivity index (χ2v) is 6.84. The molecule has 4 aromatic rings. The number of rotatable bonds is 4. The molecule has 1 amide bonds. The summed E-state index contributed by atoms with van der Waals surface area (Å²) in [5, 5.41) is 5.59. The molecule has 26 heavy (non-hydrogen) atoms. The lowest BCUT2D eigenvalue weighted by Crippen LogP contribution is -2.22. The molecule has 130 valence electrons. The molecule has 0 aliphatic rings. The summed E-state index contributed by atoms with van der Waals surface area (Å²) >= 11 is 1.47. The molecule has 2 aromatic carbocycles. The average molecular weight is 365 g/mol. The lowest BCUT2D eigenvalue weighted by molar-refractivity contribution is 0.0951. The van der Waals surface area contributed by atoms with Crippen LogP contribution in [-0.4, -0.2) is 15.9 Å². The third-order valence-electron chi connectivity index (χ3n) is 3.98. The monoisotopic (exact) mass is 365 g/mol. The van der Waals surface area contributed by atoms with Gasteiger partial charge in [-0.3, -0.25) is 9.78 Å². The number of aromatic nitrogens is 2. The first-order chi connectivity index (χ1) is 12.6. The van der Waals surface area contributed by atoms with Gasteiger partial charge < -0.3 is 9.73 Å². The Morgan fingerprint density at radius 2 is 2.04 bits per heavy atom. The maximum atomic E-state index is 12.2. The molecule has 0 saturated heterocycles. The molecular weight excluding hydrogens is 350 g/mol. The summed E-state index contributed by atoms with van der Waals surface area (Å²) in [6.07, 6.45) is 0. The molecule has 6 nitrogen and oxygen atoms in total. The van der Waals surface area contributed by atoms with Crippen LogP contribution < -0.4 is 11.1 Å². The van der Waals surface area contributed by atoms with E-state index >= 15 is 0 Å². The number of aryl methyl sites for hydroxylation is 1. The van der Waals surface area contributed by atoms with Crippen LogP contribution in [0, 0.1) is 6.92 Å². The highest BCUT2D eigenvalue weighted by molar-refractivity contribution is 7.09. The molecule has 0 spiro atoms. The topological polar surface area (TPSA) is 88.0 Å². The van der Waals surface area contributed by atoms with Crippen LogP contribution in [0.4, 0.5) is 0 Å². The Morgan fingerprint density at radius 1 is 1.23 bits per heavy atom. The number of benzene rings is 2. The summed E-state index contributed by atoms with van der Waals surface area (Å²) in [6.45, 7) is 2.34. The SMILES string of the molecule is Cc1ccc(C(=O)NCc2nc(-c3ccc4[nH]c(=O)oc4c3)cs2)cc1. The highest BCUT2D eigenvalue weighted by Crippen LogP contribution is 2.24. The number of hydrogen-bond acceptors (Lipinski definition) is 5. The van der Waals surface area contributed by atoms with Gasteiger partial charge in [-0.2, -0.15) is 0 Å². The third kappa shape index (κ3) is 3.29. The van der Waals surface area contributed by atoms with Crippen molar-refractivity contribution in [1.29, 1.82) is 0 Å². The fourth-order valence-electron chi connectivity index (χ4n) is 2.59. The predicted molar refractivity (Wildman–Crippen MR) is 100 cm³/mol. The maximum Gasteiger partial charge on any atom is 0.417 e. The number of carbonyl (C=O) groups excluding carboxylic acids is 1. The van der Waals surface area contributed by atoms with Gasteiger partial charge >= 0.3 is 5.76 Å². The molecule has 0 radical (unpaired) electrons. The first kappa shape index (κ1) is 16.3. The number of aromatic amines is 1. The Kier molecular flexibility index (Phi) is 4.14. The van der Waals surface area contributed by atoms with E-state index in [2.05, 4.69) is 15.3 Å². The van der Waals surface area contributed by atoms with Gasteiger partial charge in [0.2, 0.25) is 0 Å². The van der Waals surface area contributed by atoms with Gasteiger partial charge in [0, 0.05) is 16.5 Å². The summed E-state index contributed by atoms with van der Waals surface area (Å²) in [5.74, 6) is -0.604. The van der Waals surface area contributed by atoms with Crippen molar-refractivity contribution in [3.8, 4) is 11.3 Å². The zero-order valence-electron chi connectivity index (χ0n) is 13.9. The van der Waals surface area contributed by atoms with E-state index in [1.54, 1.807) is 24.3 Å². The van der Waals surface area contributed by atoms with E-state index in [0.29, 0.717) is 23.2 Å². The molecule has 0 aliphatic carbocycles. The van der Waals surface area contributed by atoms with Crippen molar-refractivity contribution in [2.75, 3.05) is 0 Å². The molecule has 0 saturated carbocycles. The minimum atomic E-state index is -0.477. The summed E-state index contributed by atoms with van der Waals surface area (Å²) in [7, 11) is 0. The molecule has 2 heterocycles. The van der Waals surface area contributed by atoms with Crippen molar-refractivity contribution >= 4 is 28.3 Å². The van der Waals surface area contributed by atoms with Crippen LogP contribution in [0.5, 0.6) is 0 Å². The lowest BCUT2D eigenvalue weighted by Gasteiger charge is -2.03. The Morgan fingerprint density at radius 3 is 2.85 bits per heavy atom. The molecule has 7 heteroatoms. The number of hydrogen-bond donors (Lipinski definition) is 2. The van der Waals surface area contributed by atoms with Gasteiger partial charge in [0.1, 0.15) is 5.01 Å². The van der Waals surface area contributed by atoms with E-state index in [1.165, 1.54) is 11.3 Å². The largest absolute Gasteiger partial charge is 0.417 e. The van der Waals surface area contributed by atoms with Crippen molar-refractivity contribution in [3.63, 3.8) is 0 Å². The number of carbonyl (C=O) groups is 1. The third-order valence-corrected chi connectivity index (χ3v) is 4.83. The van der Waals surface area contributed by atoms with Gasteiger partial charge in [-0.05, 0) is 31.2 Å². The summed E-state index contributed by atoms with van der Waals surface area (Å²) < 4.78 is 5.08. The molecule has 0 unspecified atom stereocenters. The zero-order chi connectivity index (χ0) is 18.1. The molecule has 0 aliphatic heterocycles. The van der Waals surface area contributed by atoms with Gasteiger partial charge in [-0.15, -0.1) is 11.3 Å². The normalized spacial score (nSPS) is 11.0. The molecule has 0 bridgehead atoms. The van der Waals surface area contributed by atoms with Crippen LogP contribution in [-0.2, 0) is 6.54 Å². The van der Waals surface area contributed by atoms with Crippen molar-refractivity contribution in [2.24, 2.45) is 0 Å². The van der Waals surface area contributed by atoms with Gasteiger partial charge in [0.25, 0.3) is 5.91 Å².